The van der Waals surface area contributed by atoms with Gasteiger partial charge in [0.25, 0.3) is 0 Å². The fourth-order valence-electron chi connectivity index (χ4n) is 2.07. The maximum absolute atomic E-state index is 4.30. The Morgan fingerprint density at radius 2 is 2.05 bits per heavy atom. The van der Waals surface area contributed by atoms with Gasteiger partial charge < -0.3 is 9.88 Å². The van der Waals surface area contributed by atoms with E-state index >= 15 is 0 Å². The summed E-state index contributed by atoms with van der Waals surface area (Å²) < 4.78 is 2.05. The minimum Gasteiger partial charge on any atom is -0.379 e. The predicted molar refractivity (Wildman–Crippen MR) is 79.3 cm³/mol. The predicted octanol–water partition coefficient (Wildman–Crippen LogP) is 2.94. The van der Waals surface area contributed by atoms with Gasteiger partial charge in [-0.05, 0) is 29.8 Å². The van der Waals surface area contributed by atoms with Crippen LogP contribution in [0.25, 0.3) is 0 Å². The van der Waals surface area contributed by atoms with Crippen molar-refractivity contribution in [2.75, 3.05) is 5.32 Å². The van der Waals surface area contributed by atoms with Crippen LogP contribution in [0.15, 0.2) is 67.4 Å². The molecule has 4 heteroatoms. The molecule has 100 valence electrons. The summed E-state index contributed by atoms with van der Waals surface area (Å²) in [6, 6.07) is 14.3. The van der Waals surface area contributed by atoms with Gasteiger partial charge in [-0.25, -0.2) is 4.98 Å². The van der Waals surface area contributed by atoms with Gasteiger partial charge in [0.1, 0.15) is 0 Å². The molecule has 3 aromatic rings. The molecule has 0 saturated carbocycles. The maximum Gasteiger partial charge on any atom is 0.0949 e. The fraction of sp³-hybridized carbons (Fsp3) is 0.125. The standard InChI is InChI=1S/C16H16N4/c1-2-7-18-16(5-1)11-19-15-6-3-4-14(10-15)12-20-9-8-17-13-20/h1-10,13,19H,11-12H2. The maximum atomic E-state index is 4.30. The minimum absolute atomic E-state index is 0.732. The minimum atomic E-state index is 0.732. The summed E-state index contributed by atoms with van der Waals surface area (Å²) in [7, 11) is 0. The molecule has 0 unspecified atom stereocenters. The van der Waals surface area contributed by atoms with Crippen LogP contribution >= 0.6 is 0 Å². The number of pyridine rings is 1. The largest absolute Gasteiger partial charge is 0.379 e. The number of anilines is 1. The second-order valence-electron chi connectivity index (χ2n) is 4.61. The molecule has 2 aromatic heterocycles. The normalized spacial score (nSPS) is 10.4. The SMILES string of the molecule is c1ccc(CNc2cccc(Cn3ccnc3)c2)nc1. The molecule has 20 heavy (non-hydrogen) atoms. The number of aromatic nitrogens is 3. The van der Waals surface area contributed by atoms with Gasteiger partial charge in [0.05, 0.1) is 18.6 Å². The molecule has 0 amide bonds. The molecule has 0 bridgehead atoms. The summed E-state index contributed by atoms with van der Waals surface area (Å²) in [6.07, 6.45) is 7.40. The van der Waals surface area contributed by atoms with Crippen LogP contribution in [0.4, 0.5) is 5.69 Å². The van der Waals surface area contributed by atoms with Crippen LogP contribution in [0.3, 0.4) is 0 Å². The smallest absolute Gasteiger partial charge is 0.0949 e. The topological polar surface area (TPSA) is 42.7 Å². The Morgan fingerprint density at radius 1 is 1.05 bits per heavy atom. The highest BCUT2D eigenvalue weighted by atomic mass is 15.0. The van der Waals surface area contributed by atoms with E-state index in [-0.39, 0.29) is 0 Å². The van der Waals surface area contributed by atoms with Crippen molar-refractivity contribution in [1.29, 1.82) is 0 Å². The lowest BCUT2D eigenvalue weighted by atomic mass is 10.2. The number of hydrogen-bond donors (Lipinski definition) is 1. The molecule has 0 aliphatic heterocycles. The van der Waals surface area contributed by atoms with E-state index in [4.69, 9.17) is 0 Å². The third-order valence-electron chi connectivity index (χ3n) is 3.05. The number of imidazole rings is 1. The van der Waals surface area contributed by atoms with Gasteiger partial charge in [-0.3, -0.25) is 4.98 Å². The second-order valence-corrected chi connectivity index (χ2v) is 4.61. The summed E-state index contributed by atoms with van der Waals surface area (Å²) in [6.45, 7) is 1.56. The van der Waals surface area contributed by atoms with Crippen LogP contribution in [0, 0.1) is 0 Å². The summed E-state index contributed by atoms with van der Waals surface area (Å²) in [5.41, 5.74) is 3.38. The van der Waals surface area contributed by atoms with Crippen LogP contribution in [-0.4, -0.2) is 14.5 Å². The lowest BCUT2D eigenvalue weighted by molar-refractivity contribution is 0.797. The molecule has 1 N–H and O–H groups in total. The molecule has 0 aliphatic rings. The van der Waals surface area contributed by atoms with Crippen LogP contribution in [-0.2, 0) is 13.1 Å². The van der Waals surface area contributed by atoms with Gasteiger partial charge >= 0.3 is 0 Å². The molecule has 4 nitrogen and oxygen atoms in total. The van der Waals surface area contributed by atoms with Crippen molar-refractivity contribution in [3.05, 3.63) is 78.6 Å². The van der Waals surface area contributed by atoms with Gasteiger partial charge in [-0.2, -0.15) is 0 Å². The van der Waals surface area contributed by atoms with E-state index in [0.717, 1.165) is 24.5 Å². The molecule has 0 saturated heterocycles. The zero-order valence-corrected chi connectivity index (χ0v) is 11.1. The molecular formula is C16H16N4. The molecule has 2 heterocycles. The molecule has 0 fully saturated rings. The number of benzene rings is 1. The van der Waals surface area contributed by atoms with Crippen molar-refractivity contribution in [3.63, 3.8) is 0 Å². The monoisotopic (exact) mass is 264 g/mol. The van der Waals surface area contributed by atoms with E-state index in [1.807, 2.05) is 36.9 Å². The average molecular weight is 264 g/mol. The number of nitrogens with one attached hydrogen (secondary N) is 1. The van der Waals surface area contributed by atoms with E-state index in [1.165, 1.54) is 5.56 Å². The molecule has 0 radical (unpaired) electrons. The van der Waals surface area contributed by atoms with Crippen LogP contribution in [0.1, 0.15) is 11.3 Å². The van der Waals surface area contributed by atoms with Crippen molar-refractivity contribution in [1.82, 2.24) is 14.5 Å². The van der Waals surface area contributed by atoms with Gasteiger partial charge in [-0.15, -0.1) is 0 Å². The molecule has 0 aliphatic carbocycles. The third-order valence-corrected chi connectivity index (χ3v) is 3.05. The van der Waals surface area contributed by atoms with Crippen LogP contribution in [0.2, 0.25) is 0 Å². The van der Waals surface area contributed by atoms with Crippen molar-refractivity contribution in [3.8, 4) is 0 Å². The summed E-state index contributed by atoms with van der Waals surface area (Å²) in [5, 5.41) is 3.39. The second kappa shape index (κ2) is 6.02. The Bertz CT molecular complexity index is 647. The first-order chi connectivity index (χ1) is 9.90. The van der Waals surface area contributed by atoms with Gasteiger partial charge in [-0.1, -0.05) is 18.2 Å². The Balaban J connectivity index is 1.65. The summed E-state index contributed by atoms with van der Waals surface area (Å²) >= 11 is 0. The van der Waals surface area contributed by atoms with Crippen LogP contribution in [0.5, 0.6) is 0 Å². The van der Waals surface area contributed by atoms with Gasteiger partial charge in [0.2, 0.25) is 0 Å². The molecule has 3 rings (SSSR count). The zero-order chi connectivity index (χ0) is 13.6. The number of rotatable bonds is 5. The van der Waals surface area contributed by atoms with E-state index in [2.05, 4.69) is 44.1 Å². The highest BCUT2D eigenvalue weighted by molar-refractivity contribution is 5.46. The third kappa shape index (κ3) is 3.23. The molecule has 0 spiro atoms. The van der Waals surface area contributed by atoms with Crippen LogP contribution < -0.4 is 5.32 Å². The van der Waals surface area contributed by atoms with Crippen molar-refractivity contribution in [2.24, 2.45) is 0 Å². The summed E-state index contributed by atoms with van der Waals surface area (Å²) in [5.74, 6) is 0. The average Bonchev–Trinajstić information content (AvgIpc) is 3.00. The molecule has 1 aromatic carbocycles. The van der Waals surface area contributed by atoms with E-state index in [0.29, 0.717) is 0 Å². The summed E-state index contributed by atoms with van der Waals surface area (Å²) in [4.78, 5) is 8.36. The number of nitrogens with zero attached hydrogens (tertiary/aromatic N) is 3. The van der Waals surface area contributed by atoms with Gasteiger partial charge in [0, 0.05) is 30.8 Å². The molecular weight excluding hydrogens is 248 g/mol. The quantitative estimate of drug-likeness (QED) is 0.770. The highest BCUT2D eigenvalue weighted by Gasteiger charge is 1.98. The Hall–Kier alpha value is -2.62. The first kappa shape index (κ1) is 12.4. The molecule has 0 atom stereocenters. The zero-order valence-electron chi connectivity index (χ0n) is 11.1. The van der Waals surface area contributed by atoms with Crippen molar-refractivity contribution >= 4 is 5.69 Å². The van der Waals surface area contributed by atoms with Gasteiger partial charge in [0.15, 0.2) is 0 Å². The highest BCUT2D eigenvalue weighted by Crippen LogP contribution is 2.12. The van der Waals surface area contributed by atoms with E-state index in [9.17, 15) is 0 Å². The van der Waals surface area contributed by atoms with Crippen molar-refractivity contribution in [2.45, 2.75) is 13.1 Å². The van der Waals surface area contributed by atoms with Crippen molar-refractivity contribution < 1.29 is 0 Å². The Morgan fingerprint density at radius 3 is 2.85 bits per heavy atom. The number of hydrogen-bond acceptors (Lipinski definition) is 3. The first-order valence-electron chi connectivity index (χ1n) is 6.58. The first-order valence-corrected chi connectivity index (χ1v) is 6.58. The van der Waals surface area contributed by atoms with E-state index in [1.54, 1.807) is 6.20 Å². The lowest BCUT2D eigenvalue weighted by Gasteiger charge is -2.08. The lowest BCUT2D eigenvalue weighted by Crippen LogP contribution is -2.02. The Labute approximate surface area is 118 Å². The van der Waals surface area contributed by atoms with E-state index < -0.39 is 0 Å². The Kier molecular flexibility index (Phi) is 3.73. The fourth-order valence-corrected chi connectivity index (χ4v) is 2.07.